The van der Waals surface area contributed by atoms with Crippen LogP contribution in [0.1, 0.15) is 5.69 Å². The third kappa shape index (κ3) is 5.17. The lowest BCUT2D eigenvalue weighted by Gasteiger charge is -2.05. The molecule has 0 unspecified atom stereocenters. The molecular formula is C18H18FN5O2S2. The van der Waals surface area contributed by atoms with E-state index in [9.17, 15) is 14.0 Å². The van der Waals surface area contributed by atoms with E-state index in [1.165, 1.54) is 47.4 Å². The number of aryl methyl sites for hydroxylation is 2. The summed E-state index contributed by atoms with van der Waals surface area (Å²) in [5.41, 5.74) is 1.30. The second-order valence-electron chi connectivity index (χ2n) is 5.89. The Bertz CT molecular complexity index is 984. The number of amides is 2. The normalized spacial score (nSPS) is 10.7. The Morgan fingerprint density at radius 2 is 1.86 bits per heavy atom. The molecule has 0 aliphatic carbocycles. The van der Waals surface area contributed by atoms with Gasteiger partial charge in [-0.3, -0.25) is 9.59 Å². The van der Waals surface area contributed by atoms with Crippen molar-refractivity contribution in [2.24, 2.45) is 7.05 Å². The number of thioether (sulfide) groups is 1. The zero-order valence-corrected chi connectivity index (χ0v) is 16.9. The summed E-state index contributed by atoms with van der Waals surface area (Å²) in [5.74, 6) is 0.161. The van der Waals surface area contributed by atoms with E-state index in [-0.39, 0.29) is 29.1 Å². The van der Waals surface area contributed by atoms with Crippen molar-refractivity contribution in [3.05, 3.63) is 48.2 Å². The van der Waals surface area contributed by atoms with Crippen LogP contribution >= 0.6 is 23.1 Å². The summed E-state index contributed by atoms with van der Waals surface area (Å²) in [6.07, 6.45) is 3.56. The van der Waals surface area contributed by atoms with E-state index < -0.39 is 0 Å². The van der Waals surface area contributed by atoms with Crippen LogP contribution in [0.4, 0.5) is 15.2 Å². The van der Waals surface area contributed by atoms with Crippen LogP contribution in [0, 0.1) is 12.7 Å². The van der Waals surface area contributed by atoms with Crippen molar-refractivity contribution in [3.8, 4) is 10.7 Å². The minimum atomic E-state index is -0.368. The number of benzene rings is 1. The molecule has 10 heteroatoms. The van der Waals surface area contributed by atoms with Crippen LogP contribution in [0.3, 0.4) is 0 Å². The van der Waals surface area contributed by atoms with E-state index in [1.807, 2.05) is 24.7 Å². The first-order chi connectivity index (χ1) is 13.4. The summed E-state index contributed by atoms with van der Waals surface area (Å²) in [6.45, 7) is 1.87. The highest BCUT2D eigenvalue weighted by Crippen LogP contribution is 2.31. The van der Waals surface area contributed by atoms with Crippen LogP contribution in [-0.4, -0.2) is 37.9 Å². The Morgan fingerprint density at radius 3 is 2.50 bits per heavy atom. The Balaban J connectivity index is 1.46. The van der Waals surface area contributed by atoms with Crippen molar-refractivity contribution < 1.29 is 14.0 Å². The maximum Gasteiger partial charge on any atom is 0.236 e. The van der Waals surface area contributed by atoms with E-state index in [4.69, 9.17) is 0 Å². The highest BCUT2D eigenvalue weighted by molar-refractivity contribution is 8.00. The molecule has 0 radical (unpaired) electrons. The second-order valence-corrected chi connectivity index (χ2v) is 7.88. The lowest BCUT2D eigenvalue weighted by atomic mass is 10.3. The molecule has 2 heterocycles. The van der Waals surface area contributed by atoms with E-state index in [0.29, 0.717) is 10.8 Å². The van der Waals surface area contributed by atoms with Crippen molar-refractivity contribution in [1.82, 2.24) is 14.5 Å². The molecule has 146 valence electrons. The molecule has 0 fully saturated rings. The number of nitrogens with one attached hydrogen (secondary N) is 2. The SMILES string of the molecule is Cc1nc(NC(=O)CSCC(=O)Nc2ccc(F)cc2)sc1-c1nccn1C. The van der Waals surface area contributed by atoms with Crippen LogP contribution in [-0.2, 0) is 16.6 Å². The summed E-state index contributed by atoms with van der Waals surface area (Å²) in [4.78, 5) is 33.5. The molecule has 0 aliphatic heterocycles. The molecule has 3 aromatic rings. The molecule has 3 rings (SSSR count). The number of thiazole rings is 1. The molecule has 0 atom stereocenters. The molecule has 0 saturated carbocycles. The minimum Gasteiger partial charge on any atom is -0.333 e. The first kappa shape index (κ1) is 20.0. The van der Waals surface area contributed by atoms with Gasteiger partial charge in [0.25, 0.3) is 0 Å². The van der Waals surface area contributed by atoms with Gasteiger partial charge in [0.05, 0.1) is 22.1 Å². The molecule has 28 heavy (non-hydrogen) atoms. The zero-order chi connectivity index (χ0) is 20.1. The molecule has 0 saturated heterocycles. The van der Waals surface area contributed by atoms with Crippen LogP contribution < -0.4 is 10.6 Å². The van der Waals surface area contributed by atoms with E-state index in [2.05, 4.69) is 20.6 Å². The first-order valence-electron chi connectivity index (χ1n) is 8.30. The van der Waals surface area contributed by atoms with Crippen molar-refractivity contribution >= 4 is 45.7 Å². The van der Waals surface area contributed by atoms with Gasteiger partial charge >= 0.3 is 0 Å². The molecule has 0 bridgehead atoms. The quantitative estimate of drug-likeness (QED) is 0.613. The third-order valence-electron chi connectivity index (χ3n) is 3.66. The Morgan fingerprint density at radius 1 is 1.18 bits per heavy atom. The molecule has 0 aliphatic rings. The number of hydrogen-bond acceptors (Lipinski definition) is 6. The molecule has 7 nitrogen and oxygen atoms in total. The van der Waals surface area contributed by atoms with Crippen LogP contribution in [0.2, 0.25) is 0 Å². The maximum absolute atomic E-state index is 12.9. The van der Waals surface area contributed by atoms with Gasteiger partial charge in [0.15, 0.2) is 11.0 Å². The molecular weight excluding hydrogens is 401 g/mol. The van der Waals surface area contributed by atoms with E-state index >= 15 is 0 Å². The third-order valence-corrected chi connectivity index (χ3v) is 5.66. The fraction of sp³-hybridized carbons (Fsp3) is 0.222. The van der Waals surface area contributed by atoms with Crippen molar-refractivity contribution in [2.75, 3.05) is 22.1 Å². The number of carbonyl (C=O) groups excluding carboxylic acids is 2. The minimum absolute atomic E-state index is 0.111. The predicted octanol–water partition coefficient (Wildman–Crippen LogP) is 3.30. The van der Waals surface area contributed by atoms with Gasteiger partial charge in [-0.1, -0.05) is 11.3 Å². The average molecular weight is 420 g/mol. The molecule has 0 spiro atoms. The van der Waals surface area contributed by atoms with Crippen LogP contribution in [0.5, 0.6) is 0 Å². The number of carbonyl (C=O) groups is 2. The van der Waals surface area contributed by atoms with E-state index in [0.717, 1.165) is 16.4 Å². The van der Waals surface area contributed by atoms with Gasteiger partial charge in [0, 0.05) is 25.1 Å². The number of hydrogen-bond donors (Lipinski definition) is 2. The van der Waals surface area contributed by atoms with Gasteiger partial charge in [0.2, 0.25) is 11.8 Å². The number of nitrogens with zero attached hydrogens (tertiary/aromatic N) is 3. The lowest BCUT2D eigenvalue weighted by molar-refractivity contribution is -0.114. The topological polar surface area (TPSA) is 88.9 Å². The predicted molar refractivity (Wildman–Crippen MR) is 110 cm³/mol. The zero-order valence-electron chi connectivity index (χ0n) is 15.2. The number of imidazole rings is 1. The fourth-order valence-electron chi connectivity index (χ4n) is 2.36. The van der Waals surface area contributed by atoms with Gasteiger partial charge in [0.1, 0.15) is 5.82 Å². The van der Waals surface area contributed by atoms with Crippen LogP contribution in [0.15, 0.2) is 36.7 Å². The summed E-state index contributed by atoms with van der Waals surface area (Å²) < 4.78 is 14.7. The Hall–Kier alpha value is -2.72. The lowest BCUT2D eigenvalue weighted by Crippen LogP contribution is -2.18. The van der Waals surface area contributed by atoms with Gasteiger partial charge in [-0.2, -0.15) is 0 Å². The highest BCUT2D eigenvalue weighted by atomic mass is 32.2. The molecule has 2 amide bonds. The smallest absolute Gasteiger partial charge is 0.236 e. The van der Waals surface area contributed by atoms with Gasteiger partial charge < -0.3 is 15.2 Å². The maximum atomic E-state index is 12.9. The summed E-state index contributed by atoms with van der Waals surface area (Å²) in [5, 5.41) is 5.90. The average Bonchev–Trinajstić information content (AvgIpc) is 3.22. The largest absolute Gasteiger partial charge is 0.333 e. The number of aromatic nitrogens is 3. The first-order valence-corrected chi connectivity index (χ1v) is 10.3. The van der Waals surface area contributed by atoms with Gasteiger partial charge in [-0.05, 0) is 31.2 Å². The van der Waals surface area contributed by atoms with Crippen molar-refractivity contribution in [3.63, 3.8) is 0 Å². The fourth-order valence-corrected chi connectivity index (χ4v) is 4.00. The Kier molecular flexibility index (Phi) is 6.42. The molecule has 2 N–H and O–H groups in total. The monoisotopic (exact) mass is 419 g/mol. The van der Waals surface area contributed by atoms with Crippen molar-refractivity contribution in [2.45, 2.75) is 6.92 Å². The molecule has 2 aromatic heterocycles. The number of halogens is 1. The van der Waals surface area contributed by atoms with Crippen molar-refractivity contribution in [1.29, 1.82) is 0 Å². The second kappa shape index (κ2) is 8.98. The number of rotatable bonds is 7. The summed E-state index contributed by atoms with van der Waals surface area (Å²) >= 11 is 2.54. The highest BCUT2D eigenvalue weighted by Gasteiger charge is 2.15. The van der Waals surface area contributed by atoms with E-state index in [1.54, 1.807) is 6.20 Å². The summed E-state index contributed by atoms with van der Waals surface area (Å²) in [6, 6.07) is 5.50. The number of anilines is 2. The summed E-state index contributed by atoms with van der Waals surface area (Å²) in [7, 11) is 1.90. The van der Waals surface area contributed by atoms with Crippen LogP contribution in [0.25, 0.3) is 10.7 Å². The Labute approximate surface area is 169 Å². The van der Waals surface area contributed by atoms with Gasteiger partial charge in [-0.15, -0.1) is 11.8 Å². The molecule has 1 aromatic carbocycles. The van der Waals surface area contributed by atoms with Gasteiger partial charge in [-0.25, -0.2) is 14.4 Å². The standard InChI is InChI=1S/C18H18FN5O2S2/c1-11-16(17-20-7-8-24(17)2)28-18(21-11)23-15(26)10-27-9-14(25)22-13-5-3-12(19)4-6-13/h3-8H,9-10H2,1-2H3,(H,22,25)(H,21,23,26).